The first-order valence-corrected chi connectivity index (χ1v) is 8.94. The third-order valence-corrected chi connectivity index (χ3v) is 4.78. The van der Waals surface area contributed by atoms with E-state index in [2.05, 4.69) is 86.8 Å². The summed E-state index contributed by atoms with van der Waals surface area (Å²) in [6.07, 6.45) is 0. The van der Waals surface area contributed by atoms with Gasteiger partial charge < -0.3 is 9.80 Å². The van der Waals surface area contributed by atoms with Crippen molar-refractivity contribution in [2.24, 2.45) is 0 Å². The summed E-state index contributed by atoms with van der Waals surface area (Å²) in [6.45, 7) is 0. The fourth-order valence-electron chi connectivity index (χ4n) is 3.20. The van der Waals surface area contributed by atoms with Gasteiger partial charge in [-0.25, -0.2) is 4.68 Å². The van der Waals surface area contributed by atoms with Gasteiger partial charge in [0.15, 0.2) is 0 Å². The van der Waals surface area contributed by atoms with E-state index < -0.39 is 0 Å². The topological polar surface area (TPSA) is 37.2 Å². The Morgan fingerprint density at radius 2 is 1.29 bits per heavy atom. The lowest BCUT2D eigenvalue weighted by molar-refractivity contribution is 0.824. The second-order valence-electron chi connectivity index (χ2n) is 7.03. The number of hydrogen-bond donors (Lipinski definition) is 0. The van der Waals surface area contributed by atoms with E-state index in [0.717, 1.165) is 33.5 Å². The van der Waals surface area contributed by atoms with Crippen LogP contribution >= 0.6 is 0 Å². The van der Waals surface area contributed by atoms with Gasteiger partial charge in [0.2, 0.25) is 0 Å². The van der Waals surface area contributed by atoms with Crippen LogP contribution in [0.1, 0.15) is 7.43 Å². The van der Waals surface area contributed by atoms with Gasteiger partial charge in [0.05, 0.1) is 11.2 Å². The number of nitrogens with zero attached hydrogens (tertiary/aromatic N) is 5. The van der Waals surface area contributed by atoms with Gasteiger partial charge >= 0.3 is 0 Å². The van der Waals surface area contributed by atoms with Gasteiger partial charge in [-0.3, -0.25) is 0 Å². The molecule has 4 aromatic rings. The van der Waals surface area contributed by atoms with Crippen molar-refractivity contribution >= 4 is 22.4 Å². The maximum Gasteiger partial charge on any atom is 0.121 e. The van der Waals surface area contributed by atoms with E-state index in [-0.39, 0.29) is 7.43 Å². The molecule has 1 aromatic heterocycles. The van der Waals surface area contributed by atoms with Gasteiger partial charge in [-0.1, -0.05) is 36.9 Å². The zero-order valence-electron chi connectivity index (χ0n) is 16.1. The van der Waals surface area contributed by atoms with Crippen LogP contribution < -0.4 is 9.80 Å². The molecule has 1 heterocycles. The van der Waals surface area contributed by atoms with E-state index in [0.29, 0.717) is 0 Å². The van der Waals surface area contributed by atoms with Crippen molar-refractivity contribution in [2.45, 2.75) is 7.43 Å². The van der Waals surface area contributed by atoms with Crippen LogP contribution in [0.15, 0.2) is 66.7 Å². The molecule has 0 atom stereocenters. The summed E-state index contributed by atoms with van der Waals surface area (Å²) in [5.74, 6) is 0. The van der Waals surface area contributed by atoms with Crippen LogP contribution in [-0.4, -0.2) is 43.2 Å². The summed E-state index contributed by atoms with van der Waals surface area (Å²) in [5, 5.41) is 8.90. The standard InChI is InChI=1S/C22H23N5.CH4/c1-25(2)17-10-8-16(9-11-17)20-6-5-7-21-22(20)23-24-27(21)19-14-12-18(13-15-19)26(3)4;/h5-15H,1-4H3;1H4. The maximum atomic E-state index is 4.48. The van der Waals surface area contributed by atoms with Crippen molar-refractivity contribution in [3.05, 3.63) is 66.7 Å². The molecule has 0 spiro atoms. The van der Waals surface area contributed by atoms with Gasteiger partial charge in [-0.05, 0) is 48.0 Å². The Morgan fingerprint density at radius 1 is 0.714 bits per heavy atom. The lowest BCUT2D eigenvalue weighted by Gasteiger charge is -2.13. The van der Waals surface area contributed by atoms with Crippen LogP contribution in [0.5, 0.6) is 0 Å². The molecule has 0 unspecified atom stereocenters. The first kappa shape index (κ1) is 19.4. The van der Waals surface area contributed by atoms with Crippen molar-refractivity contribution in [3.8, 4) is 16.8 Å². The molecular weight excluding hydrogens is 346 g/mol. The lowest BCUT2D eigenvalue weighted by atomic mass is 10.0. The highest BCUT2D eigenvalue weighted by Crippen LogP contribution is 2.29. The van der Waals surface area contributed by atoms with Crippen LogP contribution in [0.25, 0.3) is 27.8 Å². The molecule has 0 radical (unpaired) electrons. The molecule has 5 heteroatoms. The number of anilines is 2. The van der Waals surface area contributed by atoms with E-state index in [1.165, 1.54) is 5.69 Å². The number of rotatable bonds is 4. The van der Waals surface area contributed by atoms with Crippen LogP contribution in [0.4, 0.5) is 11.4 Å². The number of hydrogen-bond acceptors (Lipinski definition) is 4. The van der Waals surface area contributed by atoms with E-state index in [1.807, 2.05) is 32.9 Å². The van der Waals surface area contributed by atoms with E-state index in [4.69, 9.17) is 0 Å². The largest absolute Gasteiger partial charge is 0.378 e. The third kappa shape index (κ3) is 3.43. The lowest BCUT2D eigenvalue weighted by Crippen LogP contribution is -2.08. The Hall–Kier alpha value is -3.34. The predicted molar refractivity (Wildman–Crippen MR) is 120 cm³/mol. The molecule has 0 aliphatic heterocycles. The van der Waals surface area contributed by atoms with E-state index >= 15 is 0 Å². The van der Waals surface area contributed by atoms with Crippen molar-refractivity contribution in [1.82, 2.24) is 15.0 Å². The Balaban J connectivity index is 0.00000225. The molecule has 28 heavy (non-hydrogen) atoms. The van der Waals surface area contributed by atoms with Crippen LogP contribution in [0.2, 0.25) is 0 Å². The summed E-state index contributed by atoms with van der Waals surface area (Å²) in [6, 6.07) is 23.1. The summed E-state index contributed by atoms with van der Waals surface area (Å²) >= 11 is 0. The Kier molecular flexibility index (Phi) is 5.36. The molecule has 0 N–H and O–H groups in total. The SMILES string of the molecule is C.CN(C)c1ccc(-c2cccc3c2nnn3-c2ccc(N(C)C)cc2)cc1. The van der Waals surface area contributed by atoms with Gasteiger partial charge in [0, 0.05) is 45.1 Å². The van der Waals surface area contributed by atoms with E-state index in [9.17, 15) is 0 Å². The second-order valence-corrected chi connectivity index (χ2v) is 7.03. The van der Waals surface area contributed by atoms with Gasteiger partial charge in [-0.15, -0.1) is 5.10 Å². The third-order valence-electron chi connectivity index (χ3n) is 4.78. The average molecular weight is 374 g/mol. The molecular formula is C23H27N5. The van der Waals surface area contributed by atoms with Crippen LogP contribution in [-0.2, 0) is 0 Å². The fraction of sp³-hybridized carbons (Fsp3) is 0.217. The molecule has 5 nitrogen and oxygen atoms in total. The quantitative estimate of drug-likeness (QED) is 0.512. The second kappa shape index (κ2) is 7.72. The molecule has 0 amide bonds. The highest BCUT2D eigenvalue weighted by Gasteiger charge is 2.12. The smallest absolute Gasteiger partial charge is 0.121 e. The Labute approximate surface area is 166 Å². The van der Waals surface area contributed by atoms with Crippen molar-refractivity contribution in [2.75, 3.05) is 38.0 Å². The summed E-state index contributed by atoms with van der Waals surface area (Å²) < 4.78 is 1.90. The number of benzene rings is 3. The van der Waals surface area contributed by atoms with E-state index in [1.54, 1.807) is 0 Å². The highest BCUT2D eigenvalue weighted by molar-refractivity contribution is 5.92. The Bertz CT molecular complexity index is 1060. The monoisotopic (exact) mass is 373 g/mol. The summed E-state index contributed by atoms with van der Waals surface area (Å²) in [5.41, 5.74) is 7.48. The zero-order chi connectivity index (χ0) is 19.0. The zero-order valence-corrected chi connectivity index (χ0v) is 16.1. The van der Waals surface area contributed by atoms with Gasteiger partial charge in [0.1, 0.15) is 5.52 Å². The van der Waals surface area contributed by atoms with Crippen LogP contribution in [0.3, 0.4) is 0 Å². The van der Waals surface area contributed by atoms with Gasteiger partial charge in [-0.2, -0.15) is 0 Å². The van der Waals surface area contributed by atoms with Crippen molar-refractivity contribution < 1.29 is 0 Å². The maximum absolute atomic E-state index is 4.48. The highest BCUT2D eigenvalue weighted by atomic mass is 15.4. The van der Waals surface area contributed by atoms with Crippen molar-refractivity contribution in [1.29, 1.82) is 0 Å². The molecule has 0 saturated heterocycles. The molecule has 3 aromatic carbocycles. The molecule has 0 bridgehead atoms. The molecule has 4 rings (SSSR count). The first-order valence-electron chi connectivity index (χ1n) is 8.94. The molecule has 0 aliphatic carbocycles. The minimum Gasteiger partial charge on any atom is -0.378 e. The summed E-state index contributed by atoms with van der Waals surface area (Å²) in [4.78, 5) is 4.18. The molecule has 0 fully saturated rings. The van der Waals surface area contributed by atoms with Crippen LogP contribution in [0, 0.1) is 0 Å². The average Bonchev–Trinajstić information content (AvgIpc) is 3.12. The fourth-order valence-corrected chi connectivity index (χ4v) is 3.20. The summed E-state index contributed by atoms with van der Waals surface area (Å²) in [7, 11) is 8.16. The Morgan fingerprint density at radius 3 is 1.86 bits per heavy atom. The molecule has 0 aliphatic rings. The first-order chi connectivity index (χ1) is 13.0. The number of aromatic nitrogens is 3. The molecule has 144 valence electrons. The minimum atomic E-state index is 0. The number of fused-ring (bicyclic) bond motifs is 1. The predicted octanol–water partition coefficient (Wildman–Crippen LogP) is 4.86. The molecule has 0 saturated carbocycles. The normalized spacial score (nSPS) is 10.6. The van der Waals surface area contributed by atoms with Gasteiger partial charge in [0.25, 0.3) is 0 Å². The van der Waals surface area contributed by atoms with Crippen molar-refractivity contribution in [3.63, 3.8) is 0 Å². The minimum absolute atomic E-state index is 0.